The maximum absolute atomic E-state index is 12.6. The Bertz CT molecular complexity index is 3510. The molecule has 650 valence electrons. The topological polar surface area (TPSA) is 431 Å². The average Bonchev–Trinajstić information content (AvgIpc) is 0.881. The summed E-state index contributed by atoms with van der Waals surface area (Å²) in [7, 11) is 5.03. The van der Waals surface area contributed by atoms with Crippen molar-refractivity contribution in [3.8, 4) is 0 Å². The van der Waals surface area contributed by atoms with Gasteiger partial charge in [0.05, 0.1) is 22.2 Å². The van der Waals surface area contributed by atoms with E-state index in [-0.39, 0.29) is 72.5 Å². The number of alkyl carbamates (subject to hydrolysis) is 3. The highest BCUT2D eigenvalue weighted by Crippen LogP contribution is 2.40. The first-order valence-electron chi connectivity index (χ1n) is 42.0. The second-order valence-corrected chi connectivity index (χ2v) is 31.6. The zero-order chi connectivity index (χ0) is 86.1. The summed E-state index contributed by atoms with van der Waals surface area (Å²) >= 11 is 0. The Morgan fingerprint density at radius 1 is 0.431 bits per heavy atom. The summed E-state index contributed by atoms with van der Waals surface area (Å²) in [5.74, 6) is 0.303. The number of rotatable bonds is 30. The van der Waals surface area contributed by atoms with Gasteiger partial charge in [0, 0.05) is 103 Å². The van der Waals surface area contributed by atoms with Crippen molar-refractivity contribution in [1.29, 1.82) is 0 Å². The maximum Gasteiger partial charge on any atom is 0.407 e. The molecule has 5 aliphatic rings. The van der Waals surface area contributed by atoms with Gasteiger partial charge in [-0.25, -0.2) is 19.2 Å². The summed E-state index contributed by atoms with van der Waals surface area (Å²) < 4.78 is 16.3. The molecule has 32 heteroatoms. The van der Waals surface area contributed by atoms with Crippen LogP contribution < -0.4 is 47.9 Å². The van der Waals surface area contributed by atoms with Gasteiger partial charge < -0.3 is 66.9 Å². The van der Waals surface area contributed by atoms with Gasteiger partial charge in [0.2, 0.25) is 35.4 Å². The van der Waals surface area contributed by atoms with Gasteiger partial charge in [0.25, 0.3) is 11.8 Å². The molecule has 8 atom stereocenters. The number of aromatic nitrogens is 6. The quantitative estimate of drug-likeness (QED) is 0.0152. The van der Waals surface area contributed by atoms with Gasteiger partial charge in [-0.3, -0.25) is 38.4 Å². The molecule has 11 amide bonds. The van der Waals surface area contributed by atoms with E-state index in [1.165, 1.54) is 11.1 Å². The number of nitrogens with one attached hydrogen (secondary N) is 9. The number of ether oxygens (including phenoxy) is 3. The number of hydroxylamine groups is 2. The largest absolute Gasteiger partial charge is 0.442 e. The SMILES string of the molecule is CCCCCC(=O)NCCNC(=O)O[C@H]1/C=C/C[C@@](C)(C(=O)NC)CCC1.CCCCCC(=O)NCCNC(=O)O[C@H]1/C=C/C[C@@](C)(C(=O)ON2C(=O)CCC2=O)CCC1.CCCCCCC(=O)NCCNC(=O)O[C@H]1/C=C/C[C@@](C)(C(=O)NC)CCC1.CNC(=O)[C@@]1(C)CCC[C@@H](C)c2c(C)nnc(C)c2C1.Cc1nnc(C)nn1. The fraction of sp³-hybridized carbons (Fsp3) is 0.714. The van der Waals surface area contributed by atoms with Crippen molar-refractivity contribution in [3.05, 3.63) is 70.6 Å². The lowest BCUT2D eigenvalue weighted by Crippen LogP contribution is -2.40. The molecule has 3 heterocycles. The van der Waals surface area contributed by atoms with E-state index in [4.69, 9.17) is 19.0 Å². The number of imide groups is 1. The van der Waals surface area contributed by atoms with Crippen LogP contribution in [-0.4, -0.2) is 186 Å². The third-order valence-corrected chi connectivity index (χ3v) is 21.2. The number of nitrogens with zero attached hydrogens (tertiary/aromatic N) is 7. The Morgan fingerprint density at radius 3 is 1.15 bits per heavy atom. The molecular weight excluding hydrogens is 1490 g/mol. The predicted octanol–water partition coefficient (Wildman–Crippen LogP) is 10.8. The van der Waals surface area contributed by atoms with Crippen LogP contribution in [0.25, 0.3) is 0 Å². The van der Waals surface area contributed by atoms with Crippen molar-refractivity contribution >= 4 is 71.5 Å². The summed E-state index contributed by atoms with van der Waals surface area (Å²) in [4.78, 5) is 148. The number of carbonyl (C=O) groups is 12. The molecule has 0 unspecified atom stereocenters. The van der Waals surface area contributed by atoms with Crippen molar-refractivity contribution in [1.82, 2.24) is 83.5 Å². The van der Waals surface area contributed by atoms with Crippen molar-refractivity contribution in [2.24, 2.45) is 21.7 Å². The number of carbonyl (C=O) groups excluding carboxylic acids is 12. The lowest BCUT2D eigenvalue weighted by Gasteiger charge is -2.33. The molecule has 0 spiro atoms. The third kappa shape index (κ3) is 38.0. The Kier molecular flexibility index (Phi) is 47.2. The average molecular weight is 1630 g/mol. The van der Waals surface area contributed by atoms with Crippen molar-refractivity contribution < 1.29 is 76.6 Å². The number of hydrogen-bond donors (Lipinski definition) is 9. The van der Waals surface area contributed by atoms with E-state index >= 15 is 0 Å². The highest BCUT2D eigenvalue weighted by molar-refractivity contribution is 6.02. The molecule has 0 radical (unpaired) electrons. The van der Waals surface area contributed by atoms with Crippen LogP contribution in [0.15, 0.2) is 36.5 Å². The lowest BCUT2D eigenvalue weighted by atomic mass is 9.72. The first-order valence-corrected chi connectivity index (χ1v) is 42.0. The molecule has 9 N–H and O–H groups in total. The molecule has 0 bridgehead atoms. The summed E-state index contributed by atoms with van der Waals surface area (Å²) in [6, 6.07) is 0. The summed E-state index contributed by atoms with van der Waals surface area (Å²) in [5.41, 5.74) is 2.48. The standard InChI is InChI=1S/C23H35N3O7.C21H37N3O4.C20H35N3O4.C16H25N3O.C4H6N4/c1-3-4-5-10-18(27)24-15-16-25-22(31)32-17-8-6-13-23(2,14-7-9-17)21(30)33-26-19(28)11-12-20(26)29;1-4-5-6-7-12-18(25)23-15-16-24-20(27)28-17-10-8-13-21(2,14-9-11-17)19(26)22-3;1-4-5-6-11-17(24)22-14-15-23-19(26)27-16-9-7-12-20(2,13-8-10-16)18(25)21-3;1-10-7-6-8-16(4,15(20)17-5)9-13-11(2)18-19-12(3)14(10)13;1-3-5-7-4(2)8-6-3/h6,8,17H,3-5,7,9-16H2,1-2H3,(H,24,27)(H,25,31);8,10,17H,4-7,9,11-16H2,1-3H3,(H,22,26)(H,23,25)(H,24,27);7,9,16H,4-6,8,10-15H2,1-3H3,(H,21,25)(H,22,24)(H,23,26);10H,6-9H2,1-5H3,(H,17,20);1-2H3/b8-6+;10-8+;9-7+;;/t17-,23+;17-,21+;16-,20+;10-,16+;/m0001./s1. The minimum atomic E-state index is -0.887. The molecule has 1 aliphatic heterocycles. The first kappa shape index (κ1) is 101. The molecule has 2 aromatic rings. The second-order valence-electron chi connectivity index (χ2n) is 31.6. The van der Waals surface area contributed by atoms with Gasteiger partial charge in [-0.1, -0.05) is 118 Å². The number of hydrogen-bond acceptors (Lipinski definition) is 22. The van der Waals surface area contributed by atoms with E-state index in [2.05, 4.69) is 113 Å². The first-order chi connectivity index (χ1) is 55.2. The third-order valence-electron chi connectivity index (χ3n) is 21.2. The highest BCUT2D eigenvalue weighted by Gasteiger charge is 2.42. The molecule has 32 nitrogen and oxygen atoms in total. The minimum absolute atomic E-state index is 0.0146. The van der Waals surface area contributed by atoms with Crippen LogP contribution in [0.5, 0.6) is 0 Å². The summed E-state index contributed by atoms with van der Waals surface area (Å²) in [6.07, 6.45) is 31.9. The van der Waals surface area contributed by atoms with Crippen molar-refractivity contribution in [3.63, 3.8) is 0 Å². The zero-order valence-corrected chi connectivity index (χ0v) is 72.1. The molecule has 2 aromatic heterocycles. The number of aryl methyl sites for hydroxylation is 4. The Hall–Kier alpha value is -9.52. The van der Waals surface area contributed by atoms with Crippen LogP contribution in [0.3, 0.4) is 0 Å². The Balaban J connectivity index is 0.000000391. The van der Waals surface area contributed by atoms with Gasteiger partial charge in [0.1, 0.15) is 18.3 Å². The molecule has 1 saturated heterocycles. The Labute approximate surface area is 687 Å². The van der Waals surface area contributed by atoms with E-state index in [0.717, 1.165) is 127 Å². The van der Waals surface area contributed by atoms with Crippen LogP contribution in [0.4, 0.5) is 14.4 Å². The molecule has 1 fully saturated rings. The van der Waals surface area contributed by atoms with E-state index in [9.17, 15) is 57.5 Å². The molecule has 7 rings (SSSR count). The van der Waals surface area contributed by atoms with Crippen molar-refractivity contribution in [2.75, 3.05) is 60.4 Å². The number of allylic oxidation sites excluding steroid dienone is 3. The van der Waals surface area contributed by atoms with Gasteiger partial charge in [0.15, 0.2) is 11.6 Å². The van der Waals surface area contributed by atoms with Gasteiger partial charge in [-0.2, -0.15) is 10.2 Å². The molecule has 4 aliphatic carbocycles. The van der Waals surface area contributed by atoms with E-state index in [1.54, 1.807) is 54.1 Å². The van der Waals surface area contributed by atoms with Gasteiger partial charge in [-0.05, 0) is 185 Å². The predicted molar refractivity (Wildman–Crippen MR) is 440 cm³/mol. The fourth-order valence-electron chi connectivity index (χ4n) is 13.9. The highest BCUT2D eigenvalue weighted by atomic mass is 16.7. The molecule has 0 saturated carbocycles. The summed E-state index contributed by atoms with van der Waals surface area (Å²) in [5, 5.41) is 48.3. The molecule has 116 heavy (non-hydrogen) atoms. The van der Waals surface area contributed by atoms with Gasteiger partial charge in [-0.15, -0.1) is 25.5 Å². The van der Waals surface area contributed by atoms with Crippen LogP contribution in [0, 0.1) is 49.4 Å². The second kappa shape index (κ2) is 54.4. The monoisotopic (exact) mass is 1630 g/mol. The molecule has 0 aromatic carbocycles. The van der Waals surface area contributed by atoms with Gasteiger partial charge >= 0.3 is 24.2 Å². The Morgan fingerprint density at radius 2 is 0.759 bits per heavy atom. The van der Waals surface area contributed by atoms with Crippen LogP contribution in [0.2, 0.25) is 0 Å². The maximum atomic E-state index is 12.6. The minimum Gasteiger partial charge on any atom is -0.442 e. The fourth-order valence-corrected chi connectivity index (χ4v) is 13.9. The number of unbranched alkanes of at least 4 members (excludes halogenated alkanes) is 7. The lowest BCUT2D eigenvalue weighted by molar-refractivity contribution is -0.205. The van der Waals surface area contributed by atoms with Crippen LogP contribution in [-0.2, 0) is 68.6 Å². The van der Waals surface area contributed by atoms with E-state index in [1.807, 2.05) is 52.0 Å². The summed E-state index contributed by atoms with van der Waals surface area (Å²) in [6.45, 7) is 25.9. The molecular formula is C84H138N16O16. The van der Waals surface area contributed by atoms with Crippen LogP contribution >= 0.6 is 0 Å². The van der Waals surface area contributed by atoms with E-state index < -0.39 is 58.4 Å². The van der Waals surface area contributed by atoms with E-state index in [0.29, 0.717) is 126 Å². The normalized spacial score (nSPS) is 23.0. The number of amides is 11. The smallest absolute Gasteiger partial charge is 0.407 e. The number of fused-ring (bicyclic) bond motifs is 1. The zero-order valence-electron chi connectivity index (χ0n) is 72.1. The van der Waals surface area contributed by atoms with Crippen molar-refractivity contribution in [2.45, 2.75) is 306 Å². The van der Waals surface area contributed by atoms with Crippen LogP contribution in [0.1, 0.15) is 288 Å².